The Kier molecular flexibility index (Phi) is 4.36. The Balaban J connectivity index is 1.53. The third-order valence-corrected chi connectivity index (χ3v) is 6.06. The molecule has 0 aromatic carbocycles. The maximum atomic E-state index is 12.8. The smallest absolute Gasteiger partial charge is 0.271 e. The van der Waals surface area contributed by atoms with Gasteiger partial charge in [0.2, 0.25) is 5.91 Å². The van der Waals surface area contributed by atoms with Crippen LogP contribution in [0.4, 0.5) is 0 Å². The zero-order valence-corrected chi connectivity index (χ0v) is 15.7. The zero-order valence-electron chi connectivity index (χ0n) is 14.9. The maximum Gasteiger partial charge on any atom is 0.271 e. The first-order chi connectivity index (χ1) is 12.5. The number of carbonyl (C=O) groups is 1. The molecule has 0 radical (unpaired) electrons. The van der Waals surface area contributed by atoms with Crippen LogP contribution in [0, 0.1) is 6.92 Å². The number of hydrogen-bond acceptors (Lipinski definition) is 5. The van der Waals surface area contributed by atoms with Crippen molar-refractivity contribution in [3.63, 3.8) is 0 Å². The van der Waals surface area contributed by atoms with Crippen LogP contribution in [0.25, 0.3) is 10.2 Å². The molecule has 26 heavy (non-hydrogen) atoms. The average molecular weight is 371 g/mol. The maximum absolute atomic E-state index is 12.8. The SMILES string of the molecule is Cc1csc2c(=O)n3c(nc12)CCN(C(=O)C[C@@H](C)n1ccnc1)CC3. The van der Waals surface area contributed by atoms with Crippen molar-refractivity contribution >= 4 is 27.5 Å². The summed E-state index contributed by atoms with van der Waals surface area (Å²) in [7, 11) is 0. The van der Waals surface area contributed by atoms with Crippen molar-refractivity contribution in [1.29, 1.82) is 0 Å². The Morgan fingerprint density at radius 1 is 1.35 bits per heavy atom. The van der Waals surface area contributed by atoms with E-state index < -0.39 is 0 Å². The predicted octanol–water partition coefficient (Wildman–Crippen LogP) is 2.00. The molecule has 4 heterocycles. The van der Waals surface area contributed by atoms with Crippen molar-refractivity contribution in [2.75, 3.05) is 13.1 Å². The molecule has 1 aliphatic heterocycles. The van der Waals surface area contributed by atoms with Crippen LogP contribution in [0.2, 0.25) is 0 Å². The van der Waals surface area contributed by atoms with Crippen LogP contribution in [-0.2, 0) is 17.8 Å². The minimum absolute atomic E-state index is 0.0178. The highest BCUT2D eigenvalue weighted by Crippen LogP contribution is 2.22. The largest absolute Gasteiger partial charge is 0.340 e. The minimum Gasteiger partial charge on any atom is -0.340 e. The summed E-state index contributed by atoms with van der Waals surface area (Å²) in [5, 5.41) is 1.98. The molecule has 4 rings (SSSR count). The molecule has 0 aliphatic carbocycles. The Morgan fingerprint density at radius 3 is 2.96 bits per heavy atom. The highest BCUT2D eigenvalue weighted by Gasteiger charge is 2.23. The Labute approximate surface area is 154 Å². The van der Waals surface area contributed by atoms with E-state index in [4.69, 9.17) is 4.98 Å². The van der Waals surface area contributed by atoms with Gasteiger partial charge in [-0.3, -0.25) is 14.2 Å². The van der Waals surface area contributed by atoms with Gasteiger partial charge in [0, 0.05) is 50.9 Å². The van der Waals surface area contributed by atoms with Gasteiger partial charge in [-0.05, 0) is 24.8 Å². The molecule has 1 amide bonds. The van der Waals surface area contributed by atoms with Crippen molar-refractivity contribution in [3.05, 3.63) is 45.8 Å². The summed E-state index contributed by atoms with van der Waals surface area (Å²) >= 11 is 1.45. The quantitative estimate of drug-likeness (QED) is 0.706. The molecule has 0 unspecified atom stereocenters. The Morgan fingerprint density at radius 2 is 2.19 bits per heavy atom. The minimum atomic E-state index is 0.0178. The lowest BCUT2D eigenvalue weighted by Gasteiger charge is -2.22. The molecule has 1 aliphatic rings. The third kappa shape index (κ3) is 2.94. The summed E-state index contributed by atoms with van der Waals surface area (Å²) in [6.07, 6.45) is 6.34. The third-order valence-electron chi connectivity index (χ3n) is 4.99. The second kappa shape index (κ2) is 6.68. The molecule has 0 fully saturated rings. The summed E-state index contributed by atoms with van der Waals surface area (Å²) in [5.74, 6) is 0.881. The number of thiophene rings is 1. The molecule has 0 saturated carbocycles. The molecular weight excluding hydrogens is 350 g/mol. The second-order valence-corrected chi connectivity index (χ2v) is 7.65. The van der Waals surface area contributed by atoms with E-state index in [9.17, 15) is 9.59 Å². The number of fused-ring (bicyclic) bond motifs is 2. The number of amides is 1. The van der Waals surface area contributed by atoms with E-state index in [2.05, 4.69) is 4.98 Å². The van der Waals surface area contributed by atoms with Crippen LogP contribution in [-0.4, -0.2) is 43.0 Å². The van der Waals surface area contributed by atoms with Gasteiger partial charge in [0.15, 0.2) is 0 Å². The number of rotatable bonds is 3. The standard InChI is InChI=1S/C18H21N5O2S/c1-12-10-26-17-16(12)20-14-3-5-21(7-8-23(14)18(17)25)15(24)9-13(2)22-6-4-19-11-22/h4,6,10-11,13H,3,5,7-9H2,1-2H3/t13-/m1/s1. The highest BCUT2D eigenvalue weighted by atomic mass is 32.1. The molecule has 0 N–H and O–H groups in total. The van der Waals surface area contributed by atoms with Gasteiger partial charge in [0.1, 0.15) is 10.5 Å². The Bertz CT molecular complexity index is 1000. The van der Waals surface area contributed by atoms with Gasteiger partial charge in [-0.15, -0.1) is 11.3 Å². The summed E-state index contributed by atoms with van der Waals surface area (Å²) in [4.78, 5) is 36.1. The number of hydrogen-bond donors (Lipinski definition) is 0. The predicted molar refractivity (Wildman–Crippen MR) is 100 cm³/mol. The number of aromatic nitrogens is 4. The fraction of sp³-hybridized carbons (Fsp3) is 0.444. The number of carbonyl (C=O) groups excluding carboxylic acids is 1. The van der Waals surface area contributed by atoms with Gasteiger partial charge in [-0.1, -0.05) is 0 Å². The van der Waals surface area contributed by atoms with Gasteiger partial charge >= 0.3 is 0 Å². The van der Waals surface area contributed by atoms with Crippen LogP contribution in [0.15, 0.2) is 28.9 Å². The summed E-state index contributed by atoms with van der Waals surface area (Å²) in [6, 6.07) is 0.0597. The van der Waals surface area contributed by atoms with Gasteiger partial charge in [0.25, 0.3) is 5.56 Å². The molecular formula is C18H21N5O2S. The first kappa shape index (κ1) is 17.0. The van der Waals surface area contributed by atoms with E-state index in [0.29, 0.717) is 37.2 Å². The topological polar surface area (TPSA) is 73.0 Å². The molecule has 0 bridgehead atoms. The number of nitrogens with zero attached hydrogens (tertiary/aromatic N) is 5. The molecule has 0 saturated heterocycles. The summed E-state index contributed by atoms with van der Waals surface area (Å²) in [6.45, 7) is 5.62. The van der Waals surface area contributed by atoms with Crippen molar-refractivity contribution in [2.24, 2.45) is 0 Å². The van der Waals surface area contributed by atoms with Crippen molar-refractivity contribution in [2.45, 2.75) is 39.3 Å². The fourth-order valence-electron chi connectivity index (χ4n) is 3.41. The normalized spacial score (nSPS) is 15.7. The van der Waals surface area contributed by atoms with Gasteiger partial charge in [0.05, 0.1) is 11.8 Å². The van der Waals surface area contributed by atoms with Crippen molar-refractivity contribution in [1.82, 2.24) is 24.0 Å². The van der Waals surface area contributed by atoms with Crippen LogP contribution in [0.3, 0.4) is 0 Å². The van der Waals surface area contributed by atoms with Crippen molar-refractivity contribution < 1.29 is 4.79 Å². The second-order valence-electron chi connectivity index (χ2n) is 6.78. The first-order valence-electron chi connectivity index (χ1n) is 8.77. The highest BCUT2D eigenvalue weighted by molar-refractivity contribution is 7.17. The average Bonchev–Trinajstić information content (AvgIpc) is 3.22. The fourth-order valence-corrected chi connectivity index (χ4v) is 4.35. The van der Waals surface area contributed by atoms with Crippen LogP contribution in [0.5, 0.6) is 0 Å². The molecule has 3 aromatic heterocycles. The van der Waals surface area contributed by atoms with Crippen LogP contribution >= 0.6 is 11.3 Å². The van der Waals surface area contributed by atoms with E-state index in [-0.39, 0.29) is 17.5 Å². The lowest BCUT2D eigenvalue weighted by Crippen LogP contribution is -2.35. The zero-order chi connectivity index (χ0) is 18.3. The van der Waals surface area contributed by atoms with E-state index in [0.717, 1.165) is 16.9 Å². The van der Waals surface area contributed by atoms with Crippen LogP contribution < -0.4 is 5.56 Å². The molecule has 0 spiro atoms. The first-order valence-corrected chi connectivity index (χ1v) is 9.65. The lowest BCUT2D eigenvalue weighted by molar-refractivity contribution is -0.131. The molecule has 136 valence electrons. The summed E-state index contributed by atoms with van der Waals surface area (Å²) in [5.41, 5.74) is 1.86. The van der Waals surface area contributed by atoms with E-state index >= 15 is 0 Å². The van der Waals surface area contributed by atoms with Crippen LogP contribution in [0.1, 0.15) is 30.8 Å². The van der Waals surface area contributed by atoms with Gasteiger partial charge in [-0.2, -0.15) is 0 Å². The lowest BCUT2D eigenvalue weighted by atomic mass is 10.2. The molecule has 3 aromatic rings. The number of aryl methyl sites for hydroxylation is 1. The van der Waals surface area contributed by atoms with Gasteiger partial charge < -0.3 is 9.47 Å². The van der Waals surface area contributed by atoms with E-state index in [1.807, 2.05) is 34.9 Å². The number of imidazole rings is 1. The molecule has 7 nitrogen and oxygen atoms in total. The molecule has 8 heteroatoms. The van der Waals surface area contributed by atoms with Gasteiger partial charge in [-0.25, -0.2) is 9.97 Å². The monoisotopic (exact) mass is 371 g/mol. The van der Waals surface area contributed by atoms with E-state index in [1.54, 1.807) is 17.1 Å². The van der Waals surface area contributed by atoms with E-state index in [1.165, 1.54) is 11.3 Å². The Hall–Kier alpha value is -2.48. The molecule has 1 atom stereocenters. The van der Waals surface area contributed by atoms with Crippen molar-refractivity contribution in [3.8, 4) is 0 Å². The summed E-state index contributed by atoms with van der Waals surface area (Å²) < 4.78 is 4.39.